The molecule has 1 N–H and O–H groups in total. The Balaban J connectivity index is 1.68. The highest BCUT2D eigenvalue weighted by molar-refractivity contribution is 7.89. The monoisotopic (exact) mass is 421 g/mol. The molecule has 2 aromatic rings. The van der Waals surface area contributed by atoms with Crippen molar-refractivity contribution in [2.75, 3.05) is 18.9 Å². The quantitative estimate of drug-likeness (QED) is 0.710. The van der Waals surface area contributed by atoms with Crippen molar-refractivity contribution in [1.82, 2.24) is 9.21 Å². The average Bonchev–Trinajstić information content (AvgIpc) is 3.35. The van der Waals surface area contributed by atoms with Gasteiger partial charge < -0.3 is 10.2 Å². The van der Waals surface area contributed by atoms with Crippen molar-refractivity contribution < 1.29 is 18.0 Å². The summed E-state index contributed by atoms with van der Waals surface area (Å²) < 4.78 is 26.7. The summed E-state index contributed by atoms with van der Waals surface area (Å²) >= 11 is 1.58. The van der Waals surface area contributed by atoms with E-state index in [0.717, 1.165) is 22.0 Å². The van der Waals surface area contributed by atoms with Crippen molar-refractivity contribution in [3.8, 4) is 0 Å². The van der Waals surface area contributed by atoms with Crippen LogP contribution in [0.4, 0.5) is 5.69 Å². The Kier molecular flexibility index (Phi) is 6.17. The molecule has 7 nitrogen and oxygen atoms in total. The van der Waals surface area contributed by atoms with E-state index in [1.54, 1.807) is 16.2 Å². The van der Waals surface area contributed by atoms with Gasteiger partial charge in [-0.15, -0.1) is 11.3 Å². The topological polar surface area (TPSA) is 86.8 Å². The van der Waals surface area contributed by atoms with Gasteiger partial charge in [0.25, 0.3) is 0 Å². The van der Waals surface area contributed by atoms with Gasteiger partial charge in [-0.3, -0.25) is 9.59 Å². The van der Waals surface area contributed by atoms with Crippen molar-refractivity contribution in [3.63, 3.8) is 0 Å². The fourth-order valence-corrected chi connectivity index (χ4v) is 4.66. The van der Waals surface area contributed by atoms with Crippen LogP contribution < -0.4 is 5.32 Å². The zero-order valence-corrected chi connectivity index (χ0v) is 17.4. The van der Waals surface area contributed by atoms with Crippen LogP contribution in [0.15, 0.2) is 46.7 Å². The van der Waals surface area contributed by atoms with Gasteiger partial charge in [-0.05, 0) is 48.6 Å². The number of carbonyl (C=O) groups is 2. The molecule has 0 unspecified atom stereocenters. The summed E-state index contributed by atoms with van der Waals surface area (Å²) in [6.07, 6.45) is 1.91. The normalized spacial score (nSPS) is 14.1. The first-order valence-electron chi connectivity index (χ1n) is 8.93. The summed E-state index contributed by atoms with van der Waals surface area (Å²) in [5.74, 6) is -0.430. The molecule has 1 heterocycles. The Hall–Kier alpha value is -2.23. The van der Waals surface area contributed by atoms with Crippen LogP contribution in [0.2, 0.25) is 0 Å². The van der Waals surface area contributed by atoms with E-state index < -0.39 is 10.0 Å². The first kappa shape index (κ1) is 20.5. The number of nitrogens with zero attached hydrogens (tertiary/aromatic N) is 2. The molecule has 1 aliphatic carbocycles. The Labute approximate surface area is 169 Å². The van der Waals surface area contributed by atoms with Gasteiger partial charge in [-0.25, -0.2) is 8.42 Å². The highest BCUT2D eigenvalue weighted by Gasteiger charge is 2.34. The zero-order valence-electron chi connectivity index (χ0n) is 15.8. The second-order valence-corrected chi connectivity index (χ2v) is 9.88. The first-order chi connectivity index (χ1) is 13.3. The number of carbonyl (C=O) groups excluding carboxylic acids is 2. The molecule has 0 bridgehead atoms. The van der Waals surface area contributed by atoms with Gasteiger partial charge in [-0.1, -0.05) is 6.07 Å². The van der Waals surface area contributed by atoms with Crippen LogP contribution in [-0.4, -0.2) is 49.1 Å². The minimum absolute atomic E-state index is 0.0770. The van der Waals surface area contributed by atoms with Crippen molar-refractivity contribution in [2.45, 2.75) is 37.2 Å². The molecule has 0 saturated heterocycles. The Bertz CT molecular complexity index is 936. The molecule has 0 aliphatic heterocycles. The van der Waals surface area contributed by atoms with Crippen molar-refractivity contribution in [3.05, 3.63) is 46.7 Å². The van der Waals surface area contributed by atoms with Gasteiger partial charge in [0.1, 0.15) is 0 Å². The maximum Gasteiger partial charge on any atom is 0.243 e. The van der Waals surface area contributed by atoms with Gasteiger partial charge in [0.15, 0.2) is 0 Å². The standard InChI is InChI=1S/C19H23N3O4S2/c1-14(23)20-15-5-9-18(10-6-15)28(25,26)21(2)13-19(24)22(16-7-8-16)12-17-4-3-11-27-17/h3-6,9-11,16H,7-8,12-13H2,1-2H3,(H,20,23). The lowest BCUT2D eigenvalue weighted by atomic mass is 10.3. The maximum atomic E-state index is 12.8. The Morgan fingerprint density at radius 3 is 2.39 bits per heavy atom. The number of anilines is 1. The van der Waals surface area contributed by atoms with Gasteiger partial charge in [-0.2, -0.15) is 4.31 Å². The van der Waals surface area contributed by atoms with Gasteiger partial charge in [0.2, 0.25) is 21.8 Å². The third-order valence-corrected chi connectivity index (χ3v) is 7.13. The van der Waals surface area contributed by atoms with Crippen molar-refractivity contribution in [1.29, 1.82) is 0 Å². The number of rotatable bonds is 8. The number of amides is 2. The molecule has 2 amide bonds. The molecule has 0 atom stereocenters. The molecule has 150 valence electrons. The molecule has 1 aromatic carbocycles. The number of likely N-dealkylation sites (N-methyl/N-ethyl adjacent to an activating group) is 1. The van der Waals surface area contributed by atoms with E-state index in [2.05, 4.69) is 5.32 Å². The van der Waals surface area contributed by atoms with Crippen LogP contribution in [0.5, 0.6) is 0 Å². The van der Waals surface area contributed by atoms with Gasteiger partial charge in [0.05, 0.1) is 18.0 Å². The summed E-state index contributed by atoms with van der Waals surface area (Å²) in [5, 5.41) is 4.56. The molecule has 1 aromatic heterocycles. The molecular weight excluding hydrogens is 398 g/mol. The zero-order chi connectivity index (χ0) is 20.3. The number of hydrogen-bond donors (Lipinski definition) is 1. The third-order valence-electron chi connectivity index (χ3n) is 4.46. The number of sulfonamides is 1. The molecule has 3 rings (SSSR count). The van der Waals surface area contributed by atoms with Crippen LogP contribution in [0, 0.1) is 0 Å². The third kappa shape index (κ3) is 4.98. The van der Waals surface area contributed by atoms with E-state index in [1.807, 2.05) is 17.5 Å². The lowest BCUT2D eigenvalue weighted by Crippen LogP contribution is -2.41. The number of benzene rings is 1. The lowest BCUT2D eigenvalue weighted by Gasteiger charge is -2.25. The van der Waals surface area contributed by atoms with E-state index in [9.17, 15) is 18.0 Å². The van der Waals surface area contributed by atoms with Crippen LogP contribution >= 0.6 is 11.3 Å². The second-order valence-electron chi connectivity index (χ2n) is 6.80. The van der Waals surface area contributed by atoms with Gasteiger partial charge in [0, 0.05) is 30.6 Å². The van der Waals surface area contributed by atoms with Crippen LogP contribution in [0.1, 0.15) is 24.6 Å². The molecule has 28 heavy (non-hydrogen) atoms. The van der Waals surface area contributed by atoms with E-state index >= 15 is 0 Å². The van der Waals surface area contributed by atoms with Crippen LogP contribution in [-0.2, 0) is 26.2 Å². The fourth-order valence-electron chi connectivity index (χ4n) is 2.84. The Morgan fingerprint density at radius 1 is 1.18 bits per heavy atom. The Morgan fingerprint density at radius 2 is 1.86 bits per heavy atom. The molecule has 1 aliphatic rings. The average molecular weight is 422 g/mol. The number of hydrogen-bond acceptors (Lipinski definition) is 5. The summed E-state index contributed by atoms with van der Waals surface area (Å²) in [7, 11) is -2.40. The fraction of sp³-hybridized carbons (Fsp3) is 0.368. The van der Waals surface area contributed by atoms with Crippen molar-refractivity contribution >= 4 is 38.9 Å². The summed E-state index contributed by atoms with van der Waals surface area (Å²) in [4.78, 5) is 26.8. The lowest BCUT2D eigenvalue weighted by molar-refractivity contribution is -0.132. The summed E-state index contributed by atoms with van der Waals surface area (Å²) in [5.41, 5.74) is 0.515. The van der Waals surface area contributed by atoms with Gasteiger partial charge >= 0.3 is 0 Å². The molecule has 0 spiro atoms. The molecule has 0 radical (unpaired) electrons. The number of nitrogens with one attached hydrogen (secondary N) is 1. The minimum Gasteiger partial charge on any atom is -0.333 e. The second kappa shape index (κ2) is 8.42. The smallest absolute Gasteiger partial charge is 0.243 e. The highest BCUT2D eigenvalue weighted by Crippen LogP contribution is 2.29. The van der Waals surface area contributed by atoms with E-state index in [0.29, 0.717) is 12.2 Å². The van der Waals surface area contributed by atoms with E-state index in [-0.39, 0.29) is 29.3 Å². The minimum atomic E-state index is -3.80. The van der Waals surface area contributed by atoms with Crippen molar-refractivity contribution in [2.24, 2.45) is 0 Å². The van der Waals surface area contributed by atoms with E-state index in [4.69, 9.17) is 0 Å². The summed E-state index contributed by atoms with van der Waals surface area (Å²) in [6.45, 7) is 1.68. The highest BCUT2D eigenvalue weighted by atomic mass is 32.2. The molecule has 9 heteroatoms. The van der Waals surface area contributed by atoms with Crippen LogP contribution in [0.3, 0.4) is 0 Å². The SMILES string of the molecule is CC(=O)Nc1ccc(S(=O)(=O)N(C)CC(=O)N(Cc2cccs2)C2CC2)cc1. The van der Waals surface area contributed by atoms with E-state index in [1.165, 1.54) is 38.2 Å². The number of thiophene rings is 1. The molecule has 1 saturated carbocycles. The predicted molar refractivity (Wildman–Crippen MR) is 108 cm³/mol. The summed E-state index contributed by atoms with van der Waals surface area (Å²) in [6, 6.07) is 10.0. The maximum absolute atomic E-state index is 12.8. The molecule has 1 fully saturated rings. The first-order valence-corrected chi connectivity index (χ1v) is 11.2. The van der Waals surface area contributed by atoms with Crippen LogP contribution in [0.25, 0.3) is 0 Å². The predicted octanol–water partition coefficient (Wildman–Crippen LogP) is 2.52. The molecular formula is C19H23N3O4S2. The largest absolute Gasteiger partial charge is 0.333 e.